The fourth-order valence-electron chi connectivity index (χ4n) is 16.2. The second-order valence-electron chi connectivity index (χ2n) is 25.7. The second kappa shape index (κ2) is 32.6. The molecule has 3 N–H and O–H groups in total. The third-order valence-electron chi connectivity index (χ3n) is 20.8. The Morgan fingerprint density at radius 3 is 1.35 bits per heavy atom. The van der Waals surface area contributed by atoms with Gasteiger partial charge in [0.15, 0.2) is 0 Å². The van der Waals surface area contributed by atoms with Gasteiger partial charge in [-0.05, 0) is 120 Å². The molecule has 2 aromatic rings. The molecule has 10 heterocycles. The molecule has 94 heavy (non-hydrogen) atoms. The van der Waals surface area contributed by atoms with E-state index < -0.39 is 35.2 Å². The molecule has 10 aliphatic heterocycles. The first-order valence-electron chi connectivity index (χ1n) is 32.4. The standard InChI is InChI=1S/C34H43ClN4O4.C33H41ClN4O4.2CO2.Li.2H2O/c1-4-25-12-11-23-16-20-37(29(23)32(42)36(25)5-2)31(41)28-14-13-26-15-18-34(33(43)39(26)28)17-8-19-38(34)30(40)22(3)21-24-9-6-7-10-27(24)35;1-4-24-11-10-22-15-19-36(28(22)31(41)35(24)3)30(40)27-13-12-25-14-17-33(32(42)38(25)27)16-7-18-37(33)29(39)21(2)20-23-8-5-6-9-26(23)34;2*2-1-3;;;/h6-7,9-12,15,18,22-23,25-26,28-29H,4-5,8,13-14,16-17,19-21H2,1-3H3;5-6,8-11,14,17,21-22,24-25,27-28H,4,7,12-13,15-16,18-20H2,1-3H3;;;;2*1H2/q;;;;+1;;/p-1/t22?,23-,25+,26-,28-,29-,34+;21?,22-,24+,25-,27-,28-,33+;;;;;/m00...../s1. The van der Waals surface area contributed by atoms with Crippen LogP contribution in [0, 0.1) is 23.7 Å². The Labute approximate surface area is 571 Å². The van der Waals surface area contributed by atoms with Gasteiger partial charge in [-0.1, -0.05) is 136 Å². The number of likely N-dealkylation sites (tertiary alicyclic amines) is 4. The van der Waals surface area contributed by atoms with Crippen molar-refractivity contribution >= 4 is 82.8 Å². The molecule has 14 atom stereocenters. The number of amides is 8. The Morgan fingerprint density at radius 1 is 0.564 bits per heavy atom. The third kappa shape index (κ3) is 14.3. The van der Waals surface area contributed by atoms with Crippen molar-refractivity contribution in [1.82, 2.24) is 39.2 Å². The molecular formula is C69H87Cl2LiN8O14. The van der Waals surface area contributed by atoms with Crippen LogP contribution in [-0.4, -0.2) is 209 Å². The van der Waals surface area contributed by atoms with Crippen molar-refractivity contribution in [3.8, 4) is 0 Å². The van der Waals surface area contributed by atoms with Crippen molar-refractivity contribution < 1.29 is 87.3 Å². The second-order valence-corrected chi connectivity index (χ2v) is 26.5. The number of fused-ring (bicyclic) bond motifs is 4. The smallest absolute Gasteiger partial charge is 0.870 e. The van der Waals surface area contributed by atoms with E-state index in [0.717, 1.165) is 49.7 Å². The van der Waals surface area contributed by atoms with E-state index in [2.05, 4.69) is 38.2 Å². The zero-order chi connectivity index (χ0) is 65.6. The summed E-state index contributed by atoms with van der Waals surface area (Å²) < 4.78 is 0. The maximum absolute atomic E-state index is 14.5. The van der Waals surface area contributed by atoms with Crippen LogP contribution in [0.25, 0.3) is 0 Å². The van der Waals surface area contributed by atoms with E-state index in [1.54, 1.807) is 34.3 Å². The first-order chi connectivity index (χ1) is 43.7. The number of hydrogen-bond acceptors (Lipinski definition) is 13. The summed E-state index contributed by atoms with van der Waals surface area (Å²) in [6.07, 6.45) is 26.0. The fraction of sp³-hybridized carbons (Fsp3) is 0.565. The zero-order valence-electron chi connectivity index (χ0n) is 54.8. The number of carbonyl (C=O) groups is 8. The van der Waals surface area contributed by atoms with Crippen molar-refractivity contribution in [2.75, 3.05) is 39.8 Å². The summed E-state index contributed by atoms with van der Waals surface area (Å²) in [4.78, 5) is 159. The van der Waals surface area contributed by atoms with Crippen molar-refractivity contribution in [2.24, 2.45) is 23.7 Å². The molecule has 25 heteroatoms. The van der Waals surface area contributed by atoms with Gasteiger partial charge in [0.05, 0.1) is 12.1 Å². The molecular weight excluding hydrogens is 1240 g/mol. The summed E-state index contributed by atoms with van der Waals surface area (Å²) >= 11 is 12.8. The molecule has 0 aromatic heterocycles. The number of carbonyl (C=O) groups excluding carboxylic acids is 12. The van der Waals surface area contributed by atoms with Gasteiger partial charge in [0.2, 0.25) is 35.4 Å². The van der Waals surface area contributed by atoms with Crippen molar-refractivity contribution in [3.05, 3.63) is 118 Å². The van der Waals surface area contributed by atoms with Crippen LogP contribution in [0.15, 0.2) is 97.1 Å². The molecule has 2 spiro atoms. The maximum atomic E-state index is 14.5. The SMILES string of the molecule is CC[C@@H]1C=C[C@H]2CCN(C(=O)[C@@H]3CC[C@H]4C=C[C@]5(CCCN5C(=O)C(C)Cc5ccccc5Cl)C(=O)N43)[C@@H]2C(=O)N1C.CC[C@@H]1C=C[C@H]2CCN(C(=O)[C@@H]3CC[C@H]4C=C[C@]5(CCCN5C(=O)C(C)Cc5ccccc5Cl)C(=O)N43)[C@@H]2C(=O)N1CC.O.O=C=O.O=C=O.[Li+].[OH-]. The van der Waals surface area contributed by atoms with Crippen LogP contribution in [0.2, 0.25) is 10.0 Å². The van der Waals surface area contributed by atoms with Gasteiger partial charge in [-0.25, -0.2) is 0 Å². The molecule has 12 rings (SSSR count). The van der Waals surface area contributed by atoms with E-state index in [4.69, 9.17) is 42.4 Å². The minimum absolute atomic E-state index is 0. The molecule has 0 saturated carbocycles. The summed E-state index contributed by atoms with van der Waals surface area (Å²) in [6.45, 7) is 12.5. The molecule has 0 radical (unpaired) electrons. The first kappa shape index (κ1) is 76.0. The summed E-state index contributed by atoms with van der Waals surface area (Å²) in [5.41, 5.74) is -0.333. The van der Waals surface area contributed by atoms with E-state index >= 15 is 0 Å². The van der Waals surface area contributed by atoms with E-state index in [0.29, 0.717) is 94.1 Å². The molecule has 0 aliphatic carbocycles. The molecule has 502 valence electrons. The summed E-state index contributed by atoms with van der Waals surface area (Å²) in [6, 6.07) is 12.5. The monoisotopic (exact) mass is 1330 g/mol. The Morgan fingerprint density at radius 2 is 0.957 bits per heavy atom. The largest absolute Gasteiger partial charge is 1.00 e. The van der Waals surface area contributed by atoms with Gasteiger partial charge in [0.25, 0.3) is 11.8 Å². The number of hydrogen-bond donors (Lipinski definition) is 0. The molecule has 10 aliphatic rings. The Bertz CT molecular complexity index is 3330. The van der Waals surface area contributed by atoms with Crippen LogP contribution in [0.1, 0.15) is 123 Å². The molecule has 2 aromatic carbocycles. The van der Waals surface area contributed by atoms with Crippen LogP contribution >= 0.6 is 23.2 Å². The van der Waals surface area contributed by atoms with Crippen LogP contribution in [0.3, 0.4) is 0 Å². The van der Waals surface area contributed by atoms with Crippen LogP contribution in [0.4, 0.5) is 0 Å². The minimum atomic E-state index is -1.08. The Kier molecular flexibility index (Phi) is 26.4. The number of benzene rings is 2. The molecule has 22 nitrogen and oxygen atoms in total. The van der Waals surface area contributed by atoms with E-state index in [1.165, 1.54) is 0 Å². The predicted molar refractivity (Wildman–Crippen MR) is 341 cm³/mol. The number of halogens is 2. The van der Waals surface area contributed by atoms with Gasteiger partial charge in [-0.2, -0.15) is 19.2 Å². The van der Waals surface area contributed by atoms with E-state index in [1.807, 2.05) is 106 Å². The zero-order valence-corrected chi connectivity index (χ0v) is 56.3. The quantitative estimate of drug-likeness (QED) is 0.231. The molecule has 8 amide bonds. The summed E-state index contributed by atoms with van der Waals surface area (Å²) in [5.74, 6) is -1.48. The number of likely N-dealkylation sites (N-methyl/N-ethyl adjacent to an activating group) is 2. The van der Waals surface area contributed by atoms with Gasteiger partial charge in [-0.3, -0.25) is 38.4 Å². The van der Waals surface area contributed by atoms with E-state index in [9.17, 15) is 38.4 Å². The average Bonchev–Trinajstić information content (AvgIpc) is 1.52. The Balaban J connectivity index is 0.000000267. The first-order valence-corrected chi connectivity index (χ1v) is 33.2. The van der Waals surface area contributed by atoms with Gasteiger partial charge in [-0.15, -0.1) is 0 Å². The van der Waals surface area contributed by atoms with Crippen molar-refractivity contribution in [2.45, 2.75) is 184 Å². The van der Waals surface area contributed by atoms with Crippen molar-refractivity contribution in [3.63, 3.8) is 0 Å². The molecule has 0 bridgehead atoms. The van der Waals surface area contributed by atoms with Gasteiger partial charge >= 0.3 is 31.2 Å². The van der Waals surface area contributed by atoms with Crippen molar-refractivity contribution in [1.29, 1.82) is 0 Å². The van der Waals surface area contributed by atoms with E-state index in [-0.39, 0.29) is 137 Å². The normalized spacial score (nSPS) is 29.7. The topological polar surface area (TPSA) is 292 Å². The van der Waals surface area contributed by atoms with Crippen LogP contribution < -0.4 is 18.9 Å². The minimum Gasteiger partial charge on any atom is -0.870 e. The molecule has 6 saturated heterocycles. The fourth-order valence-corrected chi connectivity index (χ4v) is 16.6. The maximum Gasteiger partial charge on any atom is 1.00 e. The molecule has 6 fully saturated rings. The number of rotatable bonds is 11. The number of nitrogens with zero attached hydrogens (tertiary/aromatic N) is 8. The van der Waals surface area contributed by atoms with Gasteiger partial charge < -0.3 is 50.2 Å². The summed E-state index contributed by atoms with van der Waals surface area (Å²) in [5, 5.41) is 1.26. The summed E-state index contributed by atoms with van der Waals surface area (Å²) in [7, 11) is 1.82. The van der Waals surface area contributed by atoms with Crippen LogP contribution in [-0.2, 0) is 70.4 Å². The van der Waals surface area contributed by atoms with Gasteiger partial charge in [0.1, 0.15) is 35.2 Å². The Hall–Kier alpha value is -6.98. The average molecular weight is 1330 g/mol. The van der Waals surface area contributed by atoms with Crippen LogP contribution in [0.5, 0.6) is 0 Å². The predicted octanol–water partition coefficient (Wildman–Crippen LogP) is 2.89. The third-order valence-corrected chi connectivity index (χ3v) is 21.6. The van der Waals surface area contributed by atoms with Gasteiger partial charge in [0, 0.05) is 85.6 Å². The molecule has 2 unspecified atom stereocenters.